The maximum atomic E-state index is 12.2. The minimum atomic E-state index is -0.157. The Morgan fingerprint density at radius 2 is 2.17 bits per heavy atom. The molecule has 6 heteroatoms. The van der Waals surface area contributed by atoms with Crippen LogP contribution in [0.2, 0.25) is 0 Å². The highest BCUT2D eigenvalue weighted by atomic mass is 16.5. The molecule has 1 heterocycles. The zero-order valence-corrected chi connectivity index (χ0v) is 14.3. The van der Waals surface area contributed by atoms with E-state index in [1.54, 1.807) is 16.8 Å². The van der Waals surface area contributed by atoms with Crippen LogP contribution in [0.4, 0.5) is 4.79 Å². The molecule has 1 aromatic carbocycles. The van der Waals surface area contributed by atoms with Crippen LogP contribution in [0, 0.1) is 0 Å². The van der Waals surface area contributed by atoms with E-state index in [4.69, 9.17) is 4.74 Å². The first-order chi connectivity index (χ1) is 11.6. The summed E-state index contributed by atoms with van der Waals surface area (Å²) in [4.78, 5) is 27.0. The van der Waals surface area contributed by atoms with Crippen LogP contribution in [0.15, 0.2) is 36.4 Å². The first-order valence-corrected chi connectivity index (χ1v) is 8.20. The van der Waals surface area contributed by atoms with E-state index < -0.39 is 0 Å². The summed E-state index contributed by atoms with van der Waals surface area (Å²) in [7, 11) is 1.74. The second-order valence-electron chi connectivity index (χ2n) is 5.75. The number of amides is 3. The molecule has 3 amide bonds. The number of urea groups is 1. The van der Waals surface area contributed by atoms with Crippen molar-refractivity contribution in [1.29, 1.82) is 0 Å². The number of carbonyl (C=O) groups is 2. The van der Waals surface area contributed by atoms with Crippen molar-refractivity contribution in [2.75, 3.05) is 39.8 Å². The van der Waals surface area contributed by atoms with Crippen LogP contribution < -0.4 is 5.32 Å². The highest BCUT2D eigenvalue weighted by Gasteiger charge is 2.24. The third kappa shape index (κ3) is 5.38. The lowest BCUT2D eigenvalue weighted by atomic mass is 10.2. The average Bonchev–Trinajstić information content (AvgIpc) is 2.60. The number of benzene rings is 1. The molecular weight excluding hydrogens is 306 g/mol. The quantitative estimate of drug-likeness (QED) is 0.861. The van der Waals surface area contributed by atoms with Crippen molar-refractivity contribution in [2.24, 2.45) is 0 Å². The van der Waals surface area contributed by atoms with Crippen molar-refractivity contribution in [3.8, 4) is 0 Å². The molecule has 1 saturated heterocycles. The van der Waals surface area contributed by atoms with Gasteiger partial charge in [-0.3, -0.25) is 4.79 Å². The zero-order valence-electron chi connectivity index (χ0n) is 14.3. The molecule has 0 bridgehead atoms. The lowest BCUT2D eigenvalue weighted by Crippen LogP contribution is -2.50. The largest absolute Gasteiger partial charge is 0.365 e. The highest BCUT2D eigenvalue weighted by Crippen LogP contribution is 2.04. The zero-order chi connectivity index (χ0) is 17.4. The van der Waals surface area contributed by atoms with Gasteiger partial charge in [-0.05, 0) is 12.5 Å². The molecule has 1 N–H and O–H groups in total. The van der Waals surface area contributed by atoms with Crippen LogP contribution in [0.25, 0.3) is 6.08 Å². The van der Waals surface area contributed by atoms with Gasteiger partial charge in [0.1, 0.15) is 6.61 Å². The van der Waals surface area contributed by atoms with Gasteiger partial charge in [0.25, 0.3) is 0 Å². The third-order valence-electron chi connectivity index (χ3n) is 3.93. The predicted octanol–water partition coefficient (Wildman–Crippen LogP) is 1.59. The number of rotatable bonds is 6. The van der Waals surface area contributed by atoms with Gasteiger partial charge in [0.2, 0.25) is 5.91 Å². The Morgan fingerprint density at radius 1 is 1.42 bits per heavy atom. The maximum absolute atomic E-state index is 12.2. The lowest BCUT2D eigenvalue weighted by molar-refractivity contribution is -0.146. The van der Waals surface area contributed by atoms with Gasteiger partial charge in [0, 0.05) is 33.2 Å². The minimum Gasteiger partial charge on any atom is -0.365 e. The molecule has 1 aromatic rings. The van der Waals surface area contributed by atoms with Gasteiger partial charge < -0.3 is 19.9 Å². The molecule has 0 aromatic heterocycles. The highest BCUT2D eigenvalue weighted by molar-refractivity contribution is 5.78. The number of ether oxygens (including phenoxy) is 1. The standard InChI is InChI=1S/C18H25N3O3/c1-3-21(11-7-10-15-8-5-4-6-9-15)18(23)19-12-16-13-20(2)17(22)14-24-16/h4-10,16H,3,11-14H2,1-2H3,(H,19,23)/b10-7+/t16-/m0/s1. The summed E-state index contributed by atoms with van der Waals surface area (Å²) in [6.07, 6.45) is 3.82. The fraction of sp³-hybridized carbons (Fsp3) is 0.444. The second kappa shape index (κ2) is 9.08. The Balaban J connectivity index is 1.77. The van der Waals surface area contributed by atoms with Gasteiger partial charge in [-0.1, -0.05) is 42.5 Å². The number of hydrogen-bond acceptors (Lipinski definition) is 3. The topological polar surface area (TPSA) is 61.9 Å². The summed E-state index contributed by atoms with van der Waals surface area (Å²) < 4.78 is 5.42. The predicted molar refractivity (Wildman–Crippen MR) is 93.5 cm³/mol. The van der Waals surface area contributed by atoms with Crippen LogP contribution in [-0.4, -0.2) is 67.7 Å². The Morgan fingerprint density at radius 3 is 2.83 bits per heavy atom. The first kappa shape index (κ1) is 18.0. The molecule has 0 radical (unpaired) electrons. The maximum Gasteiger partial charge on any atom is 0.317 e. The molecule has 0 unspecified atom stereocenters. The van der Waals surface area contributed by atoms with Crippen molar-refractivity contribution in [1.82, 2.24) is 15.1 Å². The van der Waals surface area contributed by atoms with E-state index in [0.717, 1.165) is 5.56 Å². The summed E-state index contributed by atoms with van der Waals surface area (Å²) in [6.45, 7) is 4.08. The Labute approximate surface area is 143 Å². The fourth-order valence-corrected chi connectivity index (χ4v) is 2.43. The summed E-state index contributed by atoms with van der Waals surface area (Å²) in [6, 6.07) is 9.85. The van der Waals surface area contributed by atoms with Crippen LogP contribution >= 0.6 is 0 Å². The molecule has 24 heavy (non-hydrogen) atoms. The van der Waals surface area contributed by atoms with Gasteiger partial charge in [0.05, 0.1) is 6.10 Å². The summed E-state index contributed by atoms with van der Waals surface area (Å²) in [5.41, 5.74) is 1.11. The fourth-order valence-electron chi connectivity index (χ4n) is 2.43. The minimum absolute atomic E-state index is 0.0289. The van der Waals surface area contributed by atoms with E-state index in [0.29, 0.717) is 26.2 Å². The smallest absolute Gasteiger partial charge is 0.317 e. The van der Waals surface area contributed by atoms with Crippen LogP contribution in [0.1, 0.15) is 12.5 Å². The molecule has 6 nitrogen and oxygen atoms in total. The molecule has 0 saturated carbocycles. The molecule has 1 atom stereocenters. The van der Waals surface area contributed by atoms with Crippen molar-refractivity contribution < 1.29 is 14.3 Å². The average molecular weight is 331 g/mol. The molecule has 0 spiro atoms. The van der Waals surface area contributed by atoms with Gasteiger partial charge in [0.15, 0.2) is 0 Å². The number of morpholine rings is 1. The summed E-state index contributed by atoms with van der Waals surface area (Å²) in [5.74, 6) is -0.0289. The summed E-state index contributed by atoms with van der Waals surface area (Å²) in [5, 5.41) is 2.88. The van der Waals surface area contributed by atoms with E-state index in [1.165, 1.54) is 0 Å². The third-order valence-corrected chi connectivity index (χ3v) is 3.93. The Hall–Kier alpha value is -2.34. The van der Waals surface area contributed by atoms with E-state index in [2.05, 4.69) is 5.32 Å². The molecule has 1 aliphatic heterocycles. The molecule has 130 valence electrons. The number of likely N-dealkylation sites (N-methyl/N-ethyl adjacent to an activating group) is 2. The number of nitrogens with one attached hydrogen (secondary N) is 1. The monoisotopic (exact) mass is 331 g/mol. The second-order valence-corrected chi connectivity index (χ2v) is 5.75. The molecular formula is C18H25N3O3. The first-order valence-electron chi connectivity index (χ1n) is 8.20. The SMILES string of the molecule is CCN(C/C=C/c1ccccc1)C(=O)NC[C@H]1CN(C)C(=O)CO1. The van der Waals surface area contributed by atoms with Crippen LogP contribution in [0.5, 0.6) is 0 Å². The number of carbonyl (C=O) groups excluding carboxylic acids is 2. The molecule has 1 aliphatic rings. The van der Waals surface area contributed by atoms with Crippen molar-refractivity contribution >= 4 is 18.0 Å². The van der Waals surface area contributed by atoms with Crippen molar-refractivity contribution in [2.45, 2.75) is 13.0 Å². The van der Waals surface area contributed by atoms with E-state index in [-0.39, 0.29) is 24.6 Å². The van der Waals surface area contributed by atoms with Gasteiger partial charge >= 0.3 is 6.03 Å². The van der Waals surface area contributed by atoms with Gasteiger partial charge in [-0.15, -0.1) is 0 Å². The Kier molecular flexibility index (Phi) is 6.81. The van der Waals surface area contributed by atoms with Crippen LogP contribution in [-0.2, 0) is 9.53 Å². The van der Waals surface area contributed by atoms with Crippen molar-refractivity contribution in [3.63, 3.8) is 0 Å². The number of nitrogens with zero attached hydrogens (tertiary/aromatic N) is 2. The van der Waals surface area contributed by atoms with E-state index in [9.17, 15) is 9.59 Å². The van der Waals surface area contributed by atoms with Gasteiger partial charge in [-0.2, -0.15) is 0 Å². The van der Waals surface area contributed by atoms with Crippen molar-refractivity contribution in [3.05, 3.63) is 42.0 Å². The van der Waals surface area contributed by atoms with E-state index >= 15 is 0 Å². The van der Waals surface area contributed by atoms with Crippen LogP contribution in [0.3, 0.4) is 0 Å². The number of hydrogen-bond donors (Lipinski definition) is 1. The van der Waals surface area contributed by atoms with E-state index in [1.807, 2.05) is 49.4 Å². The Bertz CT molecular complexity index is 574. The molecule has 2 rings (SSSR count). The lowest BCUT2D eigenvalue weighted by Gasteiger charge is -2.30. The summed E-state index contributed by atoms with van der Waals surface area (Å²) >= 11 is 0. The molecule has 0 aliphatic carbocycles. The normalized spacial score (nSPS) is 18.0. The van der Waals surface area contributed by atoms with Gasteiger partial charge in [-0.25, -0.2) is 4.79 Å². The molecule has 1 fully saturated rings.